The number of pyridine rings is 1. The van der Waals surface area contributed by atoms with Crippen LogP contribution in [0, 0.1) is 10.1 Å². The second-order valence-corrected chi connectivity index (χ2v) is 4.50. The van der Waals surface area contributed by atoms with E-state index in [0.29, 0.717) is 17.3 Å². The van der Waals surface area contributed by atoms with Crippen molar-refractivity contribution in [3.63, 3.8) is 0 Å². The van der Waals surface area contributed by atoms with Gasteiger partial charge in [-0.05, 0) is 44.2 Å². The van der Waals surface area contributed by atoms with Crippen molar-refractivity contribution in [2.45, 2.75) is 25.8 Å². The lowest BCUT2D eigenvalue weighted by atomic mass is 10.00. The van der Waals surface area contributed by atoms with E-state index in [1.165, 1.54) is 0 Å². The van der Waals surface area contributed by atoms with E-state index in [0.717, 1.165) is 12.0 Å². The van der Waals surface area contributed by atoms with Gasteiger partial charge in [-0.2, -0.15) is 0 Å². The molecule has 0 radical (unpaired) electrons. The molecule has 100 valence electrons. The van der Waals surface area contributed by atoms with Gasteiger partial charge in [0.25, 0.3) is 5.69 Å². The summed E-state index contributed by atoms with van der Waals surface area (Å²) < 4.78 is 0. The summed E-state index contributed by atoms with van der Waals surface area (Å²) in [7, 11) is 1.88. The van der Waals surface area contributed by atoms with Crippen LogP contribution in [-0.4, -0.2) is 23.0 Å². The zero-order valence-corrected chi connectivity index (χ0v) is 11.1. The Hall–Kier alpha value is -2.01. The van der Waals surface area contributed by atoms with Crippen LogP contribution in [0.25, 0.3) is 10.9 Å². The number of likely N-dealkylation sites (N-methyl/N-ethyl adjacent to an activating group) is 1. The largest absolute Gasteiger partial charge is 0.317 e. The lowest BCUT2D eigenvalue weighted by molar-refractivity contribution is -0.383. The zero-order chi connectivity index (χ0) is 13.8. The van der Waals surface area contributed by atoms with Gasteiger partial charge in [0, 0.05) is 17.8 Å². The molecule has 19 heavy (non-hydrogen) atoms. The third-order valence-electron chi connectivity index (χ3n) is 3.39. The number of hydrogen-bond acceptors (Lipinski definition) is 4. The first-order valence-electron chi connectivity index (χ1n) is 6.35. The molecule has 0 saturated heterocycles. The number of rotatable bonds is 5. The summed E-state index contributed by atoms with van der Waals surface area (Å²) in [4.78, 5) is 15.2. The number of nitrogens with one attached hydrogen (secondary N) is 1. The Morgan fingerprint density at radius 1 is 1.42 bits per heavy atom. The van der Waals surface area contributed by atoms with Gasteiger partial charge in [-0.3, -0.25) is 15.1 Å². The maximum Gasteiger partial charge on any atom is 0.281 e. The van der Waals surface area contributed by atoms with Crippen molar-refractivity contribution in [2.75, 3.05) is 7.05 Å². The molecule has 2 aromatic rings. The third-order valence-corrected chi connectivity index (χ3v) is 3.39. The summed E-state index contributed by atoms with van der Waals surface area (Å²) in [6, 6.07) is 7.39. The fraction of sp³-hybridized carbons (Fsp3) is 0.357. The van der Waals surface area contributed by atoms with Gasteiger partial charge in [-0.1, -0.05) is 6.92 Å². The Labute approximate surface area is 111 Å². The Morgan fingerprint density at radius 2 is 2.21 bits per heavy atom. The second kappa shape index (κ2) is 5.75. The molecule has 1 aromatic heterocycles. The smallest absolute Gasteiger partial charge is 0.281 e. The van der Waals surface area contributed by atoms with Crippen LogP contribution in [0.2, 0.25) is 0 Å². The van der Waals surface area contributed by atoms with Crippen LogP contribution in [0.3, 0.4) is 0 Å². The molecule has 0 aliphatic heterocycles. The topological polar surface area (TPSA) is 68.1 Å². The molecule has 1 N–H and O–H groups in total. The number of hydrogen-bond donors (Lipinski definition) is 1. The minimum Gasteiger partial charge on any atom is -0.317 e. The molecule has 5 heteroatoms. The van der Waals surface area contributed by atoms with Crippen molar-refractivity contribution in [2.24, 2.45) is 0 Å². The molecule has 0 spiro atoms. The summed E-state index contributed by atoms with van der Waals surface area (Å²) in [5.74, 6) is 0. The Morgan fingerprint density at radius 3 is 2.84 bits per heavy atom. The van der Waals surface area contributed by atoms with Crippen LogP contribution in [0.1, 0.15) is 18.9 Å². The highest BCUT2D eigenvalue weighted by molar-refractivity contribution is 5.89. The predicted molar refractivity (Wildman–Crippen MR) is 75.2 cm³/mol. The summed E-state index contributed by atoms with van der Waals surface area (Å²) in [5.41, 5.74) is 1.60. The first-order valence-corrected chi connectivity index (χ1v) is 6.35. The summed E-state index contributed by atoms with van der Waals surface area (Å²) >= 11 is 0. The molecule has 1 heterocycles. The number of fused-ring (bicyclic) bond motifs is 1. The average molecular weight is 259 g/mol. The minimum atomic E-state index is -0.304. The zero-order valence-electron chi connectivity index (χ0n) is 11.1. The highest BCUT2D eigenvalue weighted by Crippen LogP contribution is 2.29. The van der Waals surface area contributed by atoms with Crippen LogP contribution in [-0.2, 0) is 6.42 Å². The molecule has 0 fully saturated rings. The predicted octanol–water partition coefficient (Wildman–Crippen LogP) is 2.68. The first kappa shape index (κ1) is 13.4. The molecule has 0 aliphatic carbocycles. The summed E-state index contributed by atoms with van der Waals surface area (Å²) in [5, 5.41) is 15.1. The van der Waals surface area contributed by atoms with Gasteiger partial charge < -0.3 is 5.32 Å². The molecular weight excluding hydrogens is 242 g/mol. The Balaban J connectivity index is 2.54. The summed E-state index contributed by atoms with van der Waals surface area (Å²) in [6.07, 6.45) is 3.22. The molecule has 5 nitrogen and oxygen atoms in total. The minimum absolute atomic E-state index is 0.180. The van der Waals surface area contributed by atoms with Crippen molar-refractivity contribution >= 4 is 16.6 Å². The second-order valence-electron chi connectivity index (χ2n) is 4.50. The molecule has 0 saturated carbocycles. The fourth-order valence-electron chi connectivity index (χ4n) is 2.28. The van der Waals surface area contributed by atoms with Crippen LogP contribution in [0.4, 0.5) is 5.69 Å². The van der Waals surface area contributed by atoms with Gasteiger partial charge in [0.15, 0.2) is 0 Å². The van der Waals surface area contributed by atoms with E-state index in [-0.39, 0.29) is 16.7 Å². The van der Waals surface area contributed by atoms with Gasteiger partial charge in [-0.25, -0.2) is 0 Å². The Bertz CT molecular complexity index is 594. The van der Waals surface area contributed by atoms with Crippen molar-refractivity contribution in [1.82, 2.24) is 10.3 Å². The van der Waals surface area contributed by atoms with E-state index in [2.05, 4.69) is 17.2 Å². The van der Waals surface area contributed by atoms with Gasteiger partial charge in [-0.15, -0.1) is 0 Å². The molecule has 2 rings (SSSR count). The lowest BCUT2D eigenvalue weighted by Crippen LogP contribution is -2.26. The van der Waals surface area contributed by atoms with Gasteiger partial charge in [0.1, 0.15) is 0 Å². The molecule has 0 amide bonds. The molecule has 0 aliphatic rings. The van der Waals surface area contributed by atoms with E-state index in [4.69, 9.17) is 0 Å². The monoisotopic (exact) mass is 259 g/mol. The standard InChI is InChI=1S/C14H17N3O2/c1-3-11(15-2)9-10-6-7-13-12(5-4-8-16-13)14(10)17(18)19/h4-8,11,15H,3,9H2,1-2H3. The van der Waals surface area contributed by atoms with Crippen molar-refractivity contribution in [3.05, 3.63) is 46.1 Å². The number of nitro groups is 1. The molecule has 1 aromatic carbocycles. The third kappa shape index (κ3) is 2.71. The quantitative estimate of drug-likeness (QED) is 0.662. The van der Waals surface area contributed by atoms with E-state index in [1.807, 2.05) is 19.2 Å². The molecular formula is C14H17N3O2. The highest BCUT2D eigenvalue weighted by Gasteiger charge is 2.20. The van der Waals surface area contributed by atoms with E-state index in [1.54, 1.807) is 18.3 Å². The van der Waals surface area contributed by atoms with Gasteiger partial charge in [0.2, 0.25) is 0 Å². The van der Waals surface area contributed by atoms with E-state index >= 15 is 0 Å². The van der Waals surface area contributed by atoms with E-state index < -0.39 is 0 Å². The molecule has 1 unspecified atom stereocenters. The van der Waals surface area contributed by atoms with Crippen molar-refractivity contribution in [1.29, 1.82) is 0 Å². The maximum atomic E-state index is 11.4. The van der Waals surface area contributed by atoms with Crippen LogP contribution in [0.5, 0.6) is 0 Å². The van der Waals surface area contributed by atoms with Gasteiger partial charge >= 0.3 is 0 Å². The fourth-order valence-corrected chi connectivity index (χ4v) is 2.28. The number of nitro benzene ring substituents is 1. The Kier molecular flexibility index (Phi) is 4.06. The highest BCUT2D eigenvalue weighted by atomic mass is 16.6. The number of nitrogens with zero attached hydrogens (tertiary/aromatic N) is 2. The summed E-state index contributed by atoms with van der Waals surface area (Å²) in [6.45, 7) is 2.07. The number of aromatic nitrogens is 1. The normalized spacial score (nSPS) is 12.5. The molecule has 0 bridgehead atoms. The van der Waals surface area contributed by atoms with Crippen molar-refractivity contribution < 1.29 is 4.92 Å². The SMILES string of the molecule is CCC(Cc1ccc2ncccc2c1[N+](=O)[O-])NC. The van der Waals surface area contributed by atoms with Gasteiger partial charge in [0.05, 0.1) is 15.8 Å². The van der Waals surface area contributed by atoms with Crippen LogP contribution >= 0.6 is 0 Å². The maximum absolute atomic E-state index is 11.4. The van der Waals surface area contributed by atoms with Crippen molar-refractivity contribution in [3.8, 4) is 0 Å². The van der Waals surface area contributed by atoms with Crippen LogP contribution < -0.4 is 5.32 Å². The van der Waals surface area contributed by atoms with E-state index in [9.17, 15) is 10.1 Å². The average Bonchev–Trinajstić information content (AvgIpc) is 2.43. The molecule has 1 atom stereocenters. The number of benzene rings is 1. The van der Waals surface area contributed by atoms with Crippen LogP contribution in [0.15, 0.2) is 30.5 Å². The first-order chi connectivity index (χ1) is 9.17. The lowest BCUT2D eigenvalue weighted by Gasteiger charge is -2.14.